The molecule has 1 aromatic carbocycles. The number of aldehydes is 1. The van der Waals surface area contributed by atoms with Crippen molar-refractivity contribution < 1.29 is 14.3 Å². The molecule has 134 valence electrons. The Bertz CT molecular complexity index is 588. The van der Waals surface area contributed by atoms with E-state index in [-0.39, 0.29) is 0 Å². The normalized spacial score (nSPS) is 14.8. The molecule has 5 nitrogen and oxygen atoms in total. The molecule has 0 radical (unpaired) electrons. The fourth-order valence-corrected chi connectivity index (χ4v) is 3.05. The van der Waals surface area contributed by atoms with E-state index in [1.54, 1.807) is 14.2 Å². The van der Waals surface area contributed by atoms with Crippen molar-refractivity contribution in [3.8, 4) is 0 Å². The Morgan fingerprint density at radius 2 is 1.79 bits per heavy atom. The predicted molar refractivity (Wildman–Crippen MR) is 98.0 cm³/mol. The van der Waals surface area contributed by atoms with Crippen LogP contribution in [0.5, 0.6) is 0 Å². The molecule has 0 heterocycles. The molecule has 0 saturated heterocycles. The maximum Gasteiger partial charge on any atom is 0.154 e. The number of carbonyl (C=O) groups is 1. The third-order valence-corrected chi connectivity index (χ3v) is 4.16. The van der Waals surface area contributed by atoms with Crippen molar-refractivity contribution in [1.82, 2.24) is 10.6 Å². The lowest BCUT2D eigenvalue weighted by Crippen LogP contribution is -2.47. The number of ether oxygens (including phenoxy) is 2. The van der Waals surface area contributed by atoms with Gasteiger partial charge in [0.1, 0.15) is 12.5 Å². The zero-order valence-electron chi connectivity index (χ0n) is 15.9. The van der Waals surface area contributed by atoms with Crippen molar-refractivity contribution in [2.45, 2.75) is 33.2 Å². The Morgan fingerprint density at radius 3 is 2.21 bits per heavy atom. The van der Waals surface area contributed by atoms with Gasteiger partial charge in [-0.15, -0.1) is 0 Å². The molecule has 0 aliphatic rings. The van der Waals surface area contributed by atoms with Gasteiger partial charge in [-0.2, -0.15) is 0 Å². The maximum atomic E-state index is 12.0. The first-order valence-electron chi connectivity index (χ1n) is 8.08. The van der Waals surface area contributed by atoms with Gasteiger partial charge < -0.3 is 14.8 Å². The van der Waals surface area contributed by atoms with E-state index in [0.717, 1.165) is 23.0 Å². The predicted octanol–water partition coefficient (Wildman–Crippen LogP) is 2.34. The van der Waals surface area contributed by atoms with E-state index in [0.29, 0.717) is 24.7 Å². The highest BCUT2D eigenvalue weighted by Gasteiger charge is 2.33. The van der Waals surface area contributed by atoms with Gasteiger partial charge >= 0.3 is 0 Å². The highest BCUT2D eigenvalue weighted by atomic mass is 16.5. The largest absolute Gasteiger partial charge is 0.480 e. The van der Waals surface area contributed by atoms with E-state index in [9.17, 15) is 4.79 Å². The first kappa shape index (κ1) is 20.4. The van der Waals surface area contributed by atoms with Crippen LogP contribution < -0.4 is 10.6 Å². The smallest absolute Gasteiger partial charge is 0.154 e. The molecule has 0 aliphatic heterocycles. The topological polar surface area (TPSA) is 59.6 Å². The number of benzene rings is 1. The van der Waals surface area contributed by atoms with Crippen molar-refractivity contribution in [3.63, 3.8) is 0 Å². The van der Waals surface area contributed by atoms with Crippen LogP contribution in [0.15, 0.2) is 17.9 Å². The average molecular weight is 334 g/mol. The summed E-state index contributed by atoms with van der Waals surface area (Å²) in [5, 5.41) is 6.19. The lowest BCUT2D eigenvalue weighted by molar-refractivity contribution is -0.103. The number of nitrogens with one attached hydrogen (secondary N) is 2. The van der Waals surface area contributed by atoms with Gasteiger partial charge in [-0.1, -0.05) is 17.7 Å². The van der Waals surface area contributed by atoms with Gasteiger partial charge in [-0.05, 0) is 58.5 Å². The fourth-order valence-electron chi connectivity index (χ4n) is 3.05. The molecule has 1 unspecified atom stereocenters. The van der Waals surface area contributed by atoms with Gasteiger partial charge in [-0.3, -0.25) is 10.1 Å². The minimum atomic E-state index is -0.619. The van der Waals surface area contributed by atoms with Gasteiger partial charge in [0, 0.05) is 7.11 Å². The van der Waals surface area contributed by atoms with Crippen LogP contribution in [0.4, 0.5) is 0 Å². The van der Waals surface area contributed by atoms with E-state index in [2.05, 4.69) is 29.7 Å². The lowest BCUT2D eigenvalue weighted by atomic mass is 9.88. The molecule has 2 N–H and O–H groups in total. The molecule has 0 spiro atoms. The van der Waals surface area contributed by atoms with Crippen molar-refractivity contribution in [3.05, 3.63) is 40.1 Å². The van der Waals surface area contributed by atoms with Crippen LogP contribution in [0.3, 0.4) is 0 Å². The molecule has 0 aliphatic carbocycles. The van der Waals surface area contributed by atoms with Crippen molar-refractivity contribution in [1.29, 1.82) is 0 Å². The van der Waals surface area contributed by atoms with E-state index >= 15 is 0 Å². The number of hydrogen-bond acceptors (Lipinski definition) is 5. The Labute approximate surface area is 145 Å². The van der Waals surface area contributed by atoms with E-state index in [1.165, 1.54) is 5.56 Å². The molecule has 0 amide bonds. The van der Waals surface area contributed by atoms with Gasteiger partial charge in [0.25, 0.3) is 0 Å². The maximum absolute atomic E-state index is 12.0. The molecule has 1 atom stereocenters. The van der Waals surface area contributed by atoms with Crippen molar-refractivity contribution in [2.24, 2.45) is 0 Å². The first-order valence-corrected chi connectivity index (χ1v) is 8.08. The summed E-state index contributed by atoms with van der Waals surface area (Å²) in [5.41, 5.74) is 4.12. The number of carbonyl (C=O) groups excluding carboxylic acids is 1. The summed E-state index contributed by atoms with van der Waals surface area (Å²) in [4.78, 5) is 12.0. The third-order valence-electron chi connectivity index (χ3n) is 4.16. The lowest BCUT2D eigenvalue weighted by Gasteiger charge is -2.32. The van der Waals surface area contributed by atoms with Crippen LogP contribution in [0.2, 0.25) is 0 Å². The number of hydrogen-bond donors (Lipinski definition) is 2. The number of aryl methyl sites for hydroxylation is 3. The molecule has 1 rings (SSSR count). The van der Waals surface area contributed by atoms with Crippen molar-refractivity contribution >= 4 is 11.9 Å². The average Bonchev–Trinajstić information content (AvgIpc) is 2.52. The van der Waals surface area contributed by atoms with E-state index in [1.807, 2.05) is 27.8 Å². The number of methoxy groups -OCH3 is 1. The molecule has 0 saturated carbocycles. The molecular formula is C19H30N2O3. The van der Waals surface area contributed by atoms with Crippen LogP contribution in [-0.2, 0) is 14.3 Å². The molecule has 24 heavy (non-hydrogen) atoms. The molecule has 0 aromatic heterocycles. The number of likely N-dealkylation sites (N-methyl/N-ethyl adjacent to an activating group) is 1. The molecule has 0 fully saturated rings. The Hall–Kier alpha value is -1.69. The fraction of sp³-hybridized carbons (Fsp3) is 0.526. The quantitative estimate of drug-likeness (QED) is 0.314. The minimum absolute atomic E-state index is 0.303. The zero-order valence-corrected chi connectivity index (χ0v) is 15.9. The number of allylic oxidation sites excluding steroid dienone is 1. The van der Waals surface area contributed by atoms with Gasteiger partial charge in [-0.25, -0.2) is 0 Å². The first-order chi connectivity index (χ1) is 11.3. The molecule has 0 bridgehead atoms. The third kappa shape index (κ3) is 4.44. The summed E-state index contributed by atoms with van der Waals surface area (Å²) in [6, 6.07) is 4.16. The van der Waals surface area contributed by atoms with Gasteiger partial charge in [0.2, 0.25) is 0 Å². The van der Waals surface area contributed by atoms with E-state index < -0.39 is 5.54 Å². The Kier molecular flexibility index (Phi) is 7.60. The molecular weight excluding hydrogens is 304 g/mol. The number of rotatable bonds is 9. The monoisotopic (exact) mass is 334 g/mol. The summed E-state index contributed by atoms with van der Waals surface area (Å²) in [7, 11) is 5.26. The van der Waals surface area contributed by atoms with E-state index in [4.69, 9.17) is 9.47 Å². The summed E-state index contributed by atoms with van der Waals surface area (Å²) in [6.45, 7) is 8.73. The molecule has 1 aromatic rings. The second-order valence-electron chi connectivity index (χ2n) is 6.29. The Morgan fingerprint density at radius 1 is 1.21 bits per heavy atom. The minimum Gasteiger partial charge on any atom is -0.480 e. The van der Waals surface area contributed by atoms with Crippen molar-refractivity contribution in [2.75, 3.05) is 34.5 Å². The molecule has 5 heteroatoms. The SMILES string of the molecule is CNCO/C(=C(/C=O)c1c(C)cc(C)cc1C)C(C)(COC)NC. The van der Waals surface area contributed by atoms with Crippen LogP contribution in [0.1, 0.15) is 29.2 Å². The summed E-state index contributed by atoms with van der Waals surface area (Å²) in [5.74, 6) is 0.575. The highest BCUT2D eigenvalue weighted by Crippen LogP contribution is 2.31. The van der Waals surface area contributed by atoms with Gasteiger partial charge in [0.15, 0.2) is 6.29 Å². The second kappa shape index (κ2) is 8.97. The standard InChI is InChI=1S/C19H30N2O3/c1-13-8-14(2)17(15(3)9-13)16(10-22)18(24-12-20-5)19(4,21-6)11-23-7/h8-10,20-21H,11-12H2,1-7H3/b18-16-. The van der Waals surface area contributed by atoms with Gasteiger partial charge in [0.05, 0.1) is 17.7 Å². The van der Waals surface area contributed by atoms with Crippen LogP contribution >= 0.6 is 0 Å². The zero-order chi connectivity index (χ0) is 18.3. The van der Waals surface area contributed by atoms with Crippen LogP contribution in [-0.4, -0.2) is 46.4 Å². The summed E-state index contributed by atoms with van der Waals surface area (Å²) < 4.78 is 11.3. The second-order valence-corrected chi connectivity index (χ2v) is 6.29. The Balaban J connectivity index is 3.66. The highest BCUT2D eigenvalue weighted by molar-refractivity contribution is 6.09. The summed E-state index contributed by atoms with van der Waals surface area (Å²) in [6.07, 6.45) is 0.876. The summed E-state index contributed by atoms with van der Waals surface area (Å²) >= 11 is 0. The van der Waals surface area contributed by atoms with Crippen LogP contribution in [0, 0.1) is 20.8 Å². The van der Waals surface area contributed by atoms with Crippen LogP contribution in [0.25, 0.3) is 5.57 Å².